The van der Waals surface area contributed by atoms with Crippen molar-refractivity contribution in [1.29, 1.82) is 0 Å². The van der Waals surface area contributed by atoms with Crippen LogP contribution in [0.5, 0.6) is 0 Å². The summed E-state index contributed by atoms with van der Waals surface area (Å²) < 4.78 is 3.32. The average Bonchev–Trinajstić information content (AvgIpc) is 3.52. The minimum absolute atomic E-state index is 0.189. The molecule has 32 heavy (non-hydrogen) atoms. The third-order valence-corrected chi connectivity index (χ3v) is 7.43. The molecule has 3 aromatic heterocycles. The summed E-state index contributed by atoms with van der Waals surface area (Å²) >= 11 is 4.21. The molecule has 3 heterocycles. The summed E-state index contributed by atoms with van der Waals surface area (Å²) in [4.78, 5) is 28.0. The molecule has 5 aromatic rings. The number of fused-ring (bicyclic) bond motifs is 1. The van der Waals surface area contributed by atoms with Gasteiger partial charge >= 0.3 is 11.9 Å². The van der Waals surface area contributed by atoms with Crippen LogP contribution in [0.2, 0.25) is 0 Å². The van der Waals surface area contributed by atoms with Crippen LogP contribution < -0.4 is 0 Å². The van der Waals surface area contributed by atoms with Gasteiger partial charge in [-0.05, 0) is 65.7 Å². The fourth-order valence-corrected chi connectivity index (χ4v) is 5.80. The van der Waals surface area contributed by atoms with Gasteiger partial charge in [-0.25, -0.2) is 14.6 Å². The third-order valence-electron chi connectivity index (χ3n) is 4.54. The van der Waals surface area contributed by atoms with Crippen LogP contribution in [0.3, 0.4) is 0 Å². The van der Waals surface area contributed by atoms with Gasteiger partial charge in [-0.15, -0.1) is 32.9 Å². The standard InChI is InChI=1S/C21H12N4O4S3/c26-18(27)11-3-6-13(7-4-11)25-17(15-2-1-9-30-15)23-24-20(25)32-21-22-14-8-5-12(19(28)29)10-16(14)31-21/h1-10H,(H,26,27)(H,28,29). The Morgan fingerprint density at radius 3 is 2.38 bits per heavy atom. The van der Waals surface area contributed by atoms with Crippen LogP contribution in [0.4, 0.5) is 0 Å². The van der Waals surface area contributed by atoms with Crippen molar-refractivity contribution in [2.45, 2.75) is 9.50 Å². The fourth-order valence-electron chi connectivity index (χ4n) is 3.05. The number of carbonyl (C=O) groups is 2. The molecule has 0 unspecified atom stereocenters. The zero-order valence-corrected chi connectivity index (χ0v) is 18.4. The van der Waals surface area contributed by atoms with Gasteiger partial charge in [-0.2, -0.15) is 0 Å². The summed E-state index contributed by atoms with van der Waals surface area (Å²) in [6, 6.07) is 15.2. The number of carboxylic acid groups (broad SMARTS) is 2. The number of nitrogens with zero attached hydrogens (tertiary/aromatic N) is 4. The van der Waals surface area contributed by atoms with Crippen LogP contribution in [0.15, 0.2) is 69.5 Å². The molecule has 5 rings (SSSR count). The van der Waals surface area contributed by atoms with Crippen molar-refractivity contribution in [2.24, 2.45) is 0 Å². The maximum absolute atomic E-state index is 11.2. The molecule has 2 N–H and O–H groups in total. The predicted molar refractivity (Wildman–Crippen MR) is 122 cm³/mol. The number of hydrogen-bond donors (Lipinski definition) is 2. The van der Waals surface area contributed by atoms with Gasteiger partial charge in [-0.1, -0.05) is 6.07 Å². The van der Waals surface area contributed by atoms with Crippen molar-refractivity contribution >= 4 is 56.6 Å². The molecule has 0 aliphatic carbocycles. The second kappa shape index (κ2) is 8.19. The van der Waals surface area contributed by atoms with Gasteiger partial charge in [-0.3, -0.25) is 4.57 Å². The van der Waals surface area contributed by atoms with E-state index in [2.05, 4.69) is 15.2 Å². The number of thiophene rings is 1. The van der Waals surface area contributed by atoms with Gasteiger partial charge < -0.3 is 10.2 Å². The van der Waals surface area contributed by atoms with E-state index in [9.17, 15) is 19.8 Å². The molecule has 0 saturated carbocycles. The van der Waals surface area contributed by atoms with E-state index in [1.54, 1.807) is 24.3 Å². The Bertz CT molecular complexity index is 1460. The lowest BCUT2D eigenvalue weighted by atomic mass is 10.2. The number of carboxylic acids is 2. The minimum atomic E-state index is -0.997. The van der Waals surface area contributed by atoms with E-state index in [4.69, 9.17) is 0 Å². The third kappa shape index (κ3) is 3.77. The molecule has 0 spiro atoms. The molecule has 0 bridgehead atoms. The number of rotatable bonds is 6. The second-order valence-electron chi connectivity index (χ2n) is 6.54. The van der Waals surface area contributed by atoms with Crippen LogP contribution in [0.1, 0.15) is 20.7 Å². The first kappa shape index (κ1) is 20.4. The largest absolute Gasteiger partial charge is 0.478 e. The van der Waals surface area contributed by atoms with Crippen LogP contribution in [0, 0.1) is 0 Å². The Morgan fingerprint density at radius 2 is 1.69 bits per heavy atom. The smallest absolute Gasteiger partial charge is 0.335 e. The molecular weight excluding hydrogens is 468 g/mol. The number of thiazole rings is 1. The Balaban J connectivity index is 1.57. The molecule has 8 nitrogen and oxygen atoms in total. The lowest BCUT2D eigenvalue weighted by molar-refractivity contribution is 0.0686. The van der Waals surface area contributed by atoms with Crippen LogP contribution in [-0.4, -0.2) is 41.9 Å². The lowest BCUT2D eigenvalue weighted by Gasteiger charge is -2.09. The maximum Gasteiger partial charge on any atom is 0.335 e. The van der Waals surface area contributed by atoms with Crippen LogP contribution >= 0.6 is 34.4 Å². The van der Waals surface area contributed by atoms with E-state index in [1.165, 1.54) is 52.6 Å². The molecule has 0 saturated heterocycles. The molecule has 2 aromatic carbocycles. The van der Waals surface area contributed by atoms with E-state index in [0.717, 1.165) is 15.3 Å². The Labute approximate surface area is 192 Å². The normalized spacial score (nSPS) is 11.1. The summed E-state index contributed by atoms with van der Waals surface area (Å²) in [6.45, 7) is 0. The molecule has 158 valence electrons. The zero-order chi connectivity index (χ0) is 22.2. The number of hydrogen-bond acceptors (Lipinski definition) is 8. The molecule has 0 fully saturated rings. The maximum atomic E-state index is 11.2. The molecule has 0 atom stereocenters. The summed E-state index contributed by atoms with van der Waals surface area (Å²) in [5.41, 5.74) is 1.83. The van der Waals surface area contributed by atoms with Crippen molar-refractivity contribution in [3.8, 4) is 16.4 Å². The van der Waals surface area contributed by atoms with Gasteiger partial charge in [0.2, 0.25) is 5.16 Å². The molecule has 0 radical (unpaired) electrons. The second-order valence-corrected chi connectivity index (χ2v) is 9.73. The first-order valence-corrected chi connectivity index (χ1v) is 11.7. The Hall–Kier alpha value is -3.54. The first-order valence-electron chi connectivity index (χ1n) is 9.14. The average molecular weight is 481 g/mol. The highest BCUT2D eigenvalue weighted by atomic mass is 32.2. The highest BCUT2D eigenvalue weighted by molar-refractivity contribution is 8.01. The fraction of sp³-hybridized carbons (Fsp3) is 0. The van der Waals surface area contributed by atoms with Gasteiger partial charge in [0.05, 0.1) is 26.2 Å². The monoisotopic (exact) mass is 480 g/mol. The van der Waals surface area contributed by atoms with Crippen molar-refractivity contribution < 1.29 is 19.8 Å². The van der Waals surface area contributed by atoms with Crippen molar-refractivity contribution in [1.82, 2.24) is 19.7 Å². The van der Waals surface area contributed by atoms with E-state index in [0.29, 0.717) is 20.8 Å². The highest BCUT2D eigenvalue weighted by Crippen LogP contribution is 2.37. The zero-order valence-electron chi connectivity index (χ0n) is 16.0. The topological polar surface area (TPSA) is 118 Å². The number of aromatic nitrogens is 4. The van der Waals surface area contributed by atoms with Gasteiger partial charge in [0.1, 0.15) is 0 Å². The number of aromatic carboxylic acids is 2. The lowest BCUT2D eigenvalue weighted by Crippen LogP contribution is -2.01. The summed E-state index contributed by atoms with van der Waals surface area (Å²) in [5.74, 6) is -1.34. The first-order chi connectivity index (χ1) is 15.5. The minimum Gasteiger partial charge on any atom is -0.478 e. The Kier molecular flexibility index (Phi) is 5.21. The molecule has 0 aliphatic heterocycles. The van der Waals surface area contributed by atoms with E-state index < -0.39 is 11.9 Å². The highest BCUT2D eigenvalue weighted by Gasteiger charge is 2.19. The van der Waals surface area contributed by atoms with E-state index in [-0.39, 0.29) is 11.1 Å². The van der Waals surface area contributed by atoms with Crippen molar-refractivity contribution in [3.05, 3.63) is 71.1 Å². The predicted octanol–water partition coefficient (Wildman–Crippen LogP) is 5.15. The summed E-state index contributed by atoms with van der Waals surface area (Å²) in [5, 5.41) is 29.7. The van der Waals surface area contributed by atoms with E-state index in [1.807, 2.05) is 22.1 Å². The Morgan fingerprint density at radius 1 is 0.938 bits per heavy atom. The molecule has 11 heteroatoms. The van der Waals surface area contributed by atoms with Crippen LogP contribution in [0.25, 0.3) is 26.6 Å². The van der Waals surface area contributed by atoms with Crippen LogP contribution in [-0.2, 0) is 0 Å². The van der Waals surface area contributed by atoms with Gasteiger partial charge in [0.25, 0.3) is 0 Å². The van der Waals surface area contributed by atoms with Gasteiger partial charge in [0, 0.05) is 5.69 Å². The number of benzene rings is 2. The SMILES string of the molecule is O=C(O)c1ccc(-n2c(Sc3nc4ccc(C(=O)O)cc4s3)nnc2-c2cccs2)cc1. The molecule has 0 amide bonds. The van der Waals surface area contributed by atoms with Crippen molar-refractivity contribution in [3.63, 3.8) is 0 Å². The summed E-state index contributed by atoms with van der Waals surface area (Å²) in [7, 11) is 0. The molecule has 0 aliphatic rings. The van der Waals surface area contributed by atoms with Crippen molar-refractivity contribution in [2.75, 3.05) is 0 Å². The molecular formula is C21H12N4O4S3. The summed E-state index contributed by atoms with van der Waals surface area (Å²) in [6.07, 6.45) is 0. The van der Waals surface area contributed by atoms with Gasteiger partial charge in [0.15, 0.2) is 10.2 Å². The van der Waals surface area contributed by atoms with E-state index >= 15 is 0 Å². The quantitative estimate of drug-likeness (QED) is 0.342.